The molecule has 20 heavy (non-hydrogen) atoms. The van der Waals surface area contributed by atoms with Gasteiger partial charge in [0, 0.05) is 25.5 Å². The van der Waals surface area contributed by atoms with E-state index in [4.69, 9.17) is 0 Å². The second-order valence-electron chi connectivity index (χ2n) is 5.37. The van der Waals surface area contributed by atoms with Gasteiger partial charge >= 0.3 is 0 Å². The van der Waals surface area contributed by atoms with Crippen molar-refractivity contribution in [2.75, 3.05) is 18.4 Å². The van der Waals surface area contributed by atoms with E-state index in [0.29, 0.717) is 18.2 Å². The molecule has 2 N–H and O–H groups in total. The number of hydrogen-bond donors (Lipinski definition) is 2. The molecule has 0 aliphatic carbocycles. The summed E-state index contributed by atoms with van der Waals surface area (Å²) in [4.78, 5) is 4.14. The van der Waals surface area contributed by atoms with Crippen LogP contribution in [0.2, 0.25) is 0 Å². The molecule has 6 heteroatoms. The predicted molar refractivity (Wildman–Crippen MR) is 82.2 cm³/mol. The SMILES string of the molecule is CCCNc1ccncc1S(=O)(=O)NCC(C)C(C)C. The summed E-state index contributed by atoms with van der Waals surface area (Å²) in [7, 11) is -3.52. The average Bonchev–Trinajstić information content (AvgIpc) is 2.42. The summed E-state index contributed by atoms with van der Waals surface area (Å²) in [6.07, 6.45) is 3.91. The molecule has 0 fully saturated rings. The maximum Gasteiger partial charge on any atom is 0.244 e. The molecule has 5 nitrogen and oxygen atoms in total. The molecule has 0 saturated carbocycles. The molecule has 1 aromatic heterocycles. The number of rotatable bonds is 8. The minimum absolute atomic E-state index is 0.212. The third-order valence-electron chi connectivity index (χ3n) is 3.37. The van der Waals surface area contributed by atoms with Crippen LogP contribution >= 0.6 is 0 Å². The zero-order valence-corrected chi connectivity index (χ0v) is 13.5. The van der Waals surface area contributed by atoms with Crippen LogP contribution in [0.5, 0.6) is 0 Å². The Labute approximate surface area is 122 Å². The molecule has 0 radical (unpaired) electrons. The van der Waals surface area contributed by atoms with E-state index < -0.39 is 10.0 Å². The van der Waals surface area contributed by atoms with E-state index in [1.54, 1.807) is 12.3 Å². The van der Waals surface area contributed by atoms with E-state index in [1.807, 2.05) is 13.8 Å². The third kappa shape index (κ3) is 4.76. The highest BCUT2D eigenvalue weighted by molar-refractivity contribution is 7.89. The maximum atomic E-state index is 12.4. The van der Waals surface area contributed by atoms with Crippen molar-refractivity contribution in [1.82, 2.24) is 9.71 Å². The fourth-order valence-corrected chi connectivity index (χ4v) is 2.82. The number of hydrogen-bond acceptors (Lipinski definition) is 4. The van der Waals surface area contributed by atoms with Gasteiger partial charge in [-0.1, -0.05) is 27.7 Å². The summed E-state index contributed by atoms with van der Waals surface area (Å²) in [5.74, 6) is 0.720. The quantitative estimate of drug-likeness (QED) is 0.773. The van der Waals surface area contributed by atoms with Gasteiger partial charge in [-0.15, -0.1) is 0 Å². The molecule has 1 atom stereocenters. The maximum absolute atomic E-state index is 12.4. The molecule has 0 aromatic carbocycles. The highest BCUT2D eigenvalue weighted by Gasteiger charge is 2.20. The van der Waals surface area contributed by atoms with Crippen molar-refractivity contribution in [3.8, 4) is 0 Å². The van der Waals surface area contributed by atoms with Gasteiger partial charge in [-0.25, -0.2) is 13.1 Å². The molecule has 1 rings (SSSR count). The summed E-state index contributed by atoms with van der Waals surface area (Å²) in [5, 5.41) is 3.12. The van der Waals surface area contributed by atoms with Crippen LogP contribution in [0, 0.1) is 11.8 Å². The number of anilines is 1. The van der Waals surface area contributed by atoms with Gasteiger partial charge in [-0.3, -0.25) is 4.98 Å². The second kappa shape index (κ2) is 7.59. The van der Waals surface area contributed by atoms with E-state index in [2.05, 4.69) is 28.9 Å². The van der Waals surface area contributed by atoms with Gasteiger partial charge in [0.1, 0.15) is 4.90 Å². The Morgan fingerprint density at radius 2 is 2.00 bits per heavy atom. The Bertz CT molecular complexity index is 515. The van der Waals surface area contributed by atoms with E-state index in [-0.39, 0.29) is 10.8 Å². The number of nitrogens with one attached hydrogen (secondary N) is 2. The lowest BCUT2D eigenvalue weighted by Gasteiger charge is -2.17. The molecule has 0 saturated heterocycles. The smallest absolute Gasteiger partial charge is 0.244 e. The molecule has 1 aromatic rings. The minimum Gasteiger partial charge on any atom is -0.384 e. The Hall–Kier alpha value is -1.14. The fraction of sp³-hybridized carbons (Fsp3) is 0.643. The summed E-state index contributed by atoms with van der Waals surface area (Å²) in [6, 6.07) is 1.69. The highest BCUT2D eigenvalue weighted by Crippen LogP contribution is 2.20. The number of pyridine rings is 1. The Kier molecular flexibility index (Phi) is 6.42. The highest BCUT2D eigenvalue weighted by atomic mass is 32.2. The van der Waals surface area contributed by atoms with Crippen LogP contribution in [-0.2, 0) is 10.0 Å². The monoisotopic (exact) mass is 299 g/mol. The van der Waals surface area contributed by atoms with Gasteiger partial charge in [0.2, 0.25) is 10.0 Å². The van der Waals surface area contributed by atoms with Gasteiger partial charge < -0.3 is 5.32 Å². The first-order chi connectivity index (χ1) is 9.38. The van der Waals surface area contributed by atoms with Crippen LogP contribution in [-0.4, -0.2) is 26.5 Å². The third-order valence-corrected chi connectivity index (χ3v) is 4.82. The molecular weight excluding hydrogens is 274 g/mol. The lowest BCUT2D eigenvalue weighted by atomic mass is 9.99. The molecule has 0 amide bonds. The van der Waals surface area contributed by atoms with Crippen molar-refractivity contribution in [3.63, 3.8) is 0 Å². The van der Waals surface area contributed by atoms with Crippen molar-refractivity contribution in [1.29, 1.82) is 0 Å². The molecule has 1 heterocycles. The predicted octanol–water partition coefficient (Wildman–Crippen LogP) is 2.47. The normalized spacial score (nSPS) is 13.4. The van der Waals surface area contributed by atoms with Crippen molar-refractivity contribution in [2.45, 2.75) is 39.0 Å². The molecule has 0 aliphatic heterocycles. The van der Waals surface area contributed by atoms with E-state index >= 15 is 0 Å². The van der Waals surface area contributed by atoms with Crippen LogP contribution in [0.15, 0.2) is 23.4 Å². The molecule has 114 valence electrons. The van der Waals surface area contributed by atoms with E-state index in [1.165, 1.54) is 6.20 Å². The summed E-state index contributed by atoms with van der Waals surface area (Å²) in [6.45, 7) is 9.39. The first-order valence-corrected chi connectivity index (χ1v) is 8.54. The molecule has 0 aliphatic rings. The largest absolute Gasteiger partial charge is 0.384 e. The van der Waals surface area contributed by atoms with Crippen LogP contribution in [0.1, 0.15) is 34.1 Å². The van der Waals surface area contributed by atoms with Crippen LogP contribution in [0.4, 0.5) is 5.69 Å². The first-order valence-electron chi connectivity index (χ1n) is 7.06. The molecule has 1 unspecified atom stereocenters. The fourth-order valence-electron chi connectivity index (χ4n) is 1.55. The first kappa shape index (κ1) is 16.9. The van der Waals surface area contributed by atoms with Gasteiger partial charge in [-0.05, 0) is 24.3 Å². The molecule has 0 bridgehead atoms. The summed E-state index contributed by atoms with van der Waals surface area (Å²) < 4.78 is 27.4. The average molecular weight is 299 g/mol. The second-order valence-corrected chi connectivity index (χ2v) is 7.11. The Morgan fingerprint density at radius 1 is 1.30 bits per heavy atom. The van der Waals surface area contributed by atoms with Crippen molar-refractivity contribution in [3.05, 3.63) is 18.5 Å². The van der Waals surface area contributed by atoms with Gasteiger partial charge in [0.25, 0.3) is 0 Å². The number of sulfonamides is 1. The Morgan fingerprint density at radius 3 is 2.60 bits per heavy atom. The van der Waals surface area contributed by atoms with Gasteiger partial charge in [-0.2, -0.15) is 0 Å². The topological polar surface area (TPSA) is 71.1 Å². The van der Waals surface area contributed by atoms with Crippen LogP contribution in [0.25, 0.3) is 0 Å². The van der Waals surface area contributed by atoms with Crippen molar-refractivity contribution in [2.24, 2.45) is 11.8 Å². The van der Waals surface area contributed by atoms with Crippen LogP contribution < -0.4 is 10.0 Å². The van der Waals surface area contributed by atoms with E-state index in [9.17, 15) is 8.42 Å². The number of nitrogens with zero attached hydrogens (tertiary/aromatic N) is 1. The molecule has 0 spiro atoms. The van der Waals surface area contributed by atoms with Gasteiger partial charge in [0.05, 0.1) is 5.69 Å². The molecular formula is C14H25N3O2S. The zero-order valence-electron chi connectivity index (χ0n) is 12.7. The van der Waals surface area contributed by atoms with Gasteiger partial charge in [0.15, 0.2) is 0 Å². The zero-order chi connectivity index (χ0) is 15.2. The lowest BCUT2D eigenvalue weighted by molar-refractivity contribution is 0.414. The van der Waals surface area contributed by atoms with Crippen molar-refractivity contribution >= 4 is 15.7 Å². The standard InChI is InChI=1S/C14H25N3O2S/c1-5-7-16-13-6-8-15-10-14(13)20(18,19)17-9-12(4)11(2)3/h6,8,10-12,17H,5,7,9H2,1-4H3,(H,15,16). The van der Waals surface area contributed by atoms with E-state index in [0.717, 1.165) is 13.0 Å². The Balaban J connectivity index is 2.86. The number of aromatic nitrogens is 1. The van der Waals surface area contributed by atoms with Crippen LogP contribution in [0.3, 0.4) is 0 Å². The summed E-state index contributed by atoms with van der Waals surface area (Å²) in [5.41, 5.74) is 0.603. The lowest BCUT2D eigenvalue weighted by Crippen LogP contribution is -2.30. The minimum atomic E-state index is -3.52. The summed E-state index contributed by atoms with van der Waals surface area (Å²) >= 11 is 0. The van der Waals surface area contributed by atoms with Crippen molar-refractivity contribution < 1.29 is 8.42 Å².